The van der Waals surface area contributed by atoms with Crippen LogP contribution < -0.4 is 5.32 Å². The summed E-state index contributed by atoms with van der Waals surface area (Å²) in [5, 5.41) is 10.6. The van der Waals surface area contributed by atoms with Crippen molar-refractivity contribution in [3.05, 3.63) is 0 Å². The van der Waals surface area contributed by atoms with Crippen LogP contribution in [0, 0.1) is 0 Å². The molecule has 0 bridgehead atoms. The molecule has 0 fully saturated rings. The van der Waals surface area contributed by atoms with Gasteiger partial charge in [0.25, 0.3) is 0 Å². The van der Waals surface area contributed by atoms with E-state index in [9.17, 15) is 9.36 Å². The molecule has 0 aliphatic heterocycles. The molecule has 3 N–H and O–H groups in total. The van der Waals surface area contributed by atoms with Crippen LogP contribution in [0.4, 0.5) is 4.79 Å². The first-order chi connectivity index (χ1) is 6.76. The zero-order chi connectivity index (χ0) is 12.1. The van der Waals surface area contributed by atoms with Crippen LogP contribution in [0.25, 0.3) is 0 Å². The maximum absolute atomic E-state index is 10.9. The number of carboxylic acid groups (broad SMARTS) is 1. The van der Waals surface area contributed by atoms with Gasteiger partial charge in [-0.15, -0.1) is 0 Å². The molecule has 0 aromatic carbocycles. The second kappa shape index (κ2) is 6.34. The molecule has 0 saturated carbocycles. The van der Waals surface area contributed by atoms with Gasteiger partial charge < -0.3 is 24.0 Å². The van der Waals surface area contributed by atoms with Crippen LogP contribution >= 0.6 is 20.5 Å². The summed E-state index contributed by atoms with van der Waals surface area (Å²) in [6.45, 7) is 2.40. The van der Waals surface area contributed by atoms with Crippen molar-refractivity contribution in [2.24, 2.45) is 0 Å². The quantitative estimate of drug-likeness (QED) is 0.318. The molecular weight excluding hydrogens is 245 g/mol. The Labute approximate surface area is 92.9 Å². The zero-order valence-corrected chi connectivity index (χ0v) is 10.1. The Morgan fingerprint density at radius 1 is 1.67 bits per heavy atom. The van der Waals surface area contributed by atoms with Crippen molar-refractivity contribution >= 4 is 26.6 Å². The molecule has 0 spiro atoms. The highest BCUT2D eigenvalue weighted by atomic mass is 32.1. The first-order valence-electron chi connectivity index (χ1n) is 4.00. The SMILES string of the molecule is C[C@@H](OP(C)(=O)O)[C@@H](COS)NC(=O)O. The molecule has 9 heteroatoms. The number of hydrogen-bond acceptors (Lipinski definition) is 5. The summed E-state index contributed by atoms with van der Waals surface area (Å²) in [5.41, 5.74) is 0. The third-order valence-electron chi connectivity index (χ3n) is 1.49. The van der Waals surface area contributed by atoms with Gasteiger partial charge in [-0.3, -0.25) is 4.57 Å². The monoisotopic (exact) mass is 259 g/mol. The largest absolute Gasteiger partial charge is 0.465 e. The molecule has 0 saturated heterocycles. The Hall–Kier alpha value is -0.270. The molecule has 0 aromatic rings. The minimum Gasteiger partial charge on any atom is -0.465 e. The van der Waals surface area contributed by atoms with Gasteiger partial charge in [-0.05, 0) is 19.8 Å². The summed E-state index contributed by atoms with van der Waals surface area (Å²) in [5.74, 6) is 0. The molecule has 7 nitrogen and oxygen atoms in total. The second-order valence-corrected chi connectivity index (χ2v) is 5.04. The number of carbonyl (C=O) groups is 1. The van der Waals surface area contributed by atoms with Crippen molar-refractivity contribution in [3.8, 4) is 0 Å². The Morgan fingerprint density at radius 2 is 2.20 bits per heavy atom. The molecule has 0 radical (unpaired) electrons. The fourth-order valence-electron chi connectivity index (χ4n) is 0.915. The van der Waals surface area contributed by atoms with E-state index in [1.54, 1.807) is 0 Å². The standard InChI is InChI=1S/C6H14NO6PS/c1-4(13-14(2,10)11)5(3-12-15)7-6(8)9/h4-5,7,15H,3H2,1-2H3,(H,8,9)(H,10,11)/t4-,5-/m1/s1. The number of amides is 1. The third-order valence-corrected chi connectivity index (χ3v) is 2.36. The van der Waals surface area contributed by atoms with E-state index in [1.165, 1.54) is 6.92 Å². The van der Waals surface area contributed by atoms with E-state index in [0.29, 0.717) is 0 Å². The van der Waals surface area contributed by atoms with Crippen LogP contribution in [0.5, 0.6) is 0 Å². The predicted octanol–water partition coefficient (Wildman–Crippen LogP) is 0.704. The van der Waals surface area contributed by atoms with E-state index in [2.05, 4.69) is 22.4 Å². The molecule has 3 atom stereocenters. The van der Waals surface area contributed by atoms with Gasteiger partial charge in [0.1, 0.15) is 0 Å². The smallest absolute Gasteiger partial charge is 0.405 e. The van der Waals surface area contributed by atoms with E-state index < -0.39 is 25.8 Å². The topological polar surface area (TPSA) is 105 Å². The minimum atomic E-state index is -3.66. The van der Waals surface area contributed by atoms with Crippen molar-refractivity contribution < 1.29 is 28.1 Å². The first kappa shape index (κ1) is 14.7. The highest BCUT2D eigenvalue weighted by molar-refractivity contribution is 7.75. The van der Waals surface area contributed by atoms with Crippen LogP contribution in [-0.2, 0) is 13.3 Å². The van der Waals surface area contributed by atoms with Gasteiger partial charge in [0.15, 0.2) is 0 Å². The normalized spacial score (nSPS) is 18.9. The van der Waals surface area contributed by atoms with Gasteiger partial charge in [-0.1, -0.05) is 0 Å². The molecule has 1 amide bonds. The lowest BCUT2D eigenvalue weighted by molar-refractivity contribution is 0.118. The Bertz CT molecular complexity index is 256. The van der Waals surface area contributed by atoms with Crippen molar-refractivity contribution in [1.29, 1.82) is 0 Å². The average molecular weight is 259 g/mol. The predicted molar refractivity (Wildman–Crippen MR) is 56.2 cm³/mol. The Balaban J connectivity index is 4.34. The summed E-state index contributed by atoms with van der Waals surface area (Å²) in [6, 6.07) is -0.763. The van der Waals surface area contributed by atoms with Crippen molar-refractivity contribution in [3.63, 3.8) is 0 Å². The second-order valence-electron chi connectivity index (χ2n) is 2.97. The van der Waals surface area contributed by atoms with Crippen molar-refractivity contribution in [2.75, 3.05) is 13.3 Å². The van der Waals surface area contributed by atoms with E-state index >= 15 is 0 Å². The summed E-state index contributed by atoms with van der Waals surface area (Å²) in [6.07, 6.45) is -2.07. The molecular formula is C6H14NO6PS. The maximum atomic E-state index is 10.9. The highest BCUT2D eigenvalue weighted by Crippen LogP contribution is 2.38. The summed E-state index contributed by atoms with van der Waals surface area (Å²) < 4.78 is 20.1. The molecule has 0 aliphatic carbocycles. The molecule has 15 heavy (non-hydrogen) atoms. The van der Waals surface area contributed by atoms with E-state index in [1.807, 2.05) is 0 Å². The lowest BCUT2D eigenvalue weighted by Gasteiger charge is -2.23. The molecule has 0 aliphatic rings. The van der Waals surface area contributed by atoms with Crippen LogP contribution in [0.15, 0.2) is 0 Å². The van der Waals surface area contributed by atoms with E-state index in [0.717, 1.165) is 6.66 Å². The van der Waals surface area contributed by atoms with Gasteiger partial charge in [0.2, 0.25) is 0 Å². The first-order valence-corrected chi connectivity index (χ1v) is 6.39. The molecule has 90 valence electrons. The fraction of sp³-hybridized carbons (Fsp3) is 0.833. The number of rotatable bonds is 6. The molecule has 0 aromatic heterocycles. The zero-order valence-electron chi connectivity index (χ0n) is 8.28. The summed E-state index contributed by atoms with van der Waals surface area (Å²) >= 11 is 3.47. The van der Waals surface area contributed by atoms with Gasteiger partial charge in [-0.2, -0.15) is 0 Å². The Kier molecular flexibility index (Phi) is 6.23. The van der Waals surface area contributed by atoms with Gasteiger partial charge in [0, 0.05) is 6.66 Å². The van der Waals surface area contributed by atoms with E-state index in [-0.39, 0.29) is 6.61 Å². The van der Waals surface area contributed by atoms with Crippen molar-refractivity contribution in [1.82, 2.24) is 5.32 Å². The third kappa shape index (κ3) is 7.64. The van der Waals surface area contributed by atoms with Crippen LogP contribution in [0.2, 0.25) is 0 Å². The highest BCUT2D eigenvalue weighted by Gasteiger charge is 2.25. The van der Waals surface area contributed by atoms with Crippen LogP contribution in [-0.4, -0.2) is 41.5 Å². The van der Waals surface area contributed by atoms with Crippen molar-refractivity contribution in [2.45, 2.75) is 19.1 Å². The van der Waals surface area contributed by atoms with Gasteiger partial charge >= 0.3 is 13.7 Å². The Morgan fingerprint density at radius 3 is 2.53 bits per heavy atom. The van der Waals surface area contributed by atoms with Crippen LogP contribution in [0.1, 0.15) is 6.92 Å². The lowest BCUT2D eigenvalue weighted by atomic mass is 10.2. The van der Waals surface area contributed by atoms with Crippen LogP contribution in [0.3, 0.4) is 0 Å². The van der Waals surface area contributed by atoms with E-state index in [4.69, 9.17) is 14.5 Å². The number of thiol groups is 1. The molecule has 0 rings (SSSR count). The lowest BCUT2D eigenvalue weighted by Crippen LogP contribution is -2.45. The average Bonchev–Trinajstić information content (AvgIpc) is 1.99. The summed E-state index contributed by atoms with van der Waals surface area (Å²) in [7, 11) is -3.66. The summed E-state index contributed by atoms with van der Waals surface area (Å²) in [4.78, 5) is 19.3. The molecule has 1 unspecified atom stereocenters. The maximum Gasteiger partial charge on any atom is 0.405 e. The number of hydrogen-bond donors (Lipinski definition) is 4. The fourth-order valence-corrected chi connectivity index (χ4v) is 1.84. The minimum absolute atomic E-state index is 0.0728. The van der Waals surface area contributed by atoms with Gasteiger partial charge in [-0.25, -0.2) is 4.79 Å². The number of nitrogens with one attached hydrogen (secondary N) is 1. The molecule has 0 heterocycles. The van der Waals surface area contributed by atoms with Gasteiger partial charge in [0.05, 0.1) is 18.8 Å².